The van der Waals surface area contributed by atoms with Crippen LogP contribution in [0.3, 0.4) is 0 Å². The van der Waals surface area contributed by atoms with Crippen LogP contribution in [-0.2, 0) is 9.59 Å². The van der Waals surface area contributed by atoms with Gasteiger partial charge in [-0.05, 0) is 65.7 Å². The van der Waals surface area contributed by atoms with E-state index in [0.717, 1.165) is 16.0 Å². The quantitative estimate of drug-likeness (QED) is 0.304. The molecule has 1 aliphatic rings. The second kappa shape index (κ2) is 8.63. The lowest BCUT2D eigenvalue weighted by Gasteiger charge is -2.24. The highest BCUT2D eigenvalue weighted by atomic mass is 32.1. The molecule has 0 saturated carbocycles. The molecule has 5 nitrogen and oxygen atoms in total. The highest BCUT2D eigenvalue weighted by Crippen LogP contribution is 2.44. The number of thiophene rings is 1. The first-order valence-corrected chi connectivity index (χ1v) is 11.3. The Kier molecular flexibility index (Phi) is 5.89. The van der Waals surface area contributed by atoms with E-state index in [-0.39, 0.29) is 11.3 Å². The lowest BCUT2D eigenvalue weighted by atomic mass is 9.97. The number of aryl methyl sites for hydroxylation is 1. The lowest BCUT2D eigenvalue weighted by Crippen LogP contribution is -2.29. The summed E-state index contributed by atoms with van der Waals surface area (Å²) in [5.41, 5.74) is 3.12. The van der Waals surface area contributed by atoms with Crippen LogP contribution < -0.4 is 9.64 Å². The predicted molar refractivity (Wildman–Crippen MR) is 127 cm³/mol. The first-order chi connectivity index (χ1) is 15.3. The molecule has 1 atom stereocenters. The van der Waals surface area contributed by atoms with E-state index in [4.69, 9.17) is 4.74 Å². The predicted octanol–water partition coefficient (Wildman–Crippen LogP) is 5.81. The number of Topliss-reactive ketones (excluding diaryl/α,β-unsaturated/α-hetero) is 1. The molecule has 4 rings (SSSR count). The number of anilines is 1. The Balaban J connectivity index is 1.88. The molecule has 1 aliphatic heterocycles. The molecule has 1 fully saturated rings. The van der Waals surface area contributed by atoms with E-state index in [1.54, 1.807) is 25.3 Å². The van der Waals surface area contributed by atoms with Crippen LogP contribution in [0.2, 0.25) is 0 Å². The van der Waals surface area contributed by atoms with E-state index in [1.807, 2.05) is 48.7 Å². The van der Waals surface area contributed by atoms with Crippen molar-refractivity contribution >= 4 is 34.5 Å². The van der Waals surface area contributed by atoms with Gasteiger partial charge in [0.2, 0.25) is 0 Å². The largest absolute Gasteiger partial charge is 0.507 e. The third-order valence-electron chi connectivity index (χ3n) is 5.78. The number of rotatable bonds is 5. The van der Waals surface area contributed by atoms with Crippen LogP contribution in [0.1, 0.15) is 47.4 Å². The van der Waals surface area contributed by atoms with Crippen LogP contribution >= 0.6 is 11.3 Å². The number of hydrogen-bond donors (Lipinski definition) is 1. The summed E-state index contributed by atoms with van der Waals surface area (Å²) in [7, 11) is 1.57. The fraction of sp³-hybridized carbons (Fsp3) is 0.231. The van der Waals surface area contributed by atoms with Crippen molar-refractivity contribution in [2.75, 3.05) is 12.0 Å². The number of carbonyl (C=O) groups is 2. The second-order valence-corrected chi connectivity index (χ2v) is 9.09. The Morgan fingerprint density at radius 2 is 1.81 bits per heavy atom. The van der Waals surface area contributed by atoms with E-state index in [0.29, 0.717) is 22.9 Å². The number of nitrogens with zero attached hydrogens (tertiary/aromatic N) is 1. The number of methoxy groups -OCH3 is 1. The summed E-state index contributed by atoms with van der Waals surface area (Å²) in [4.78, 5) is 28.7. The summed E-state index contributed by atoms with van der Waals surface area (Å²) >= 11 is 1.45. The Labute approximate surface area is 191 Å². The van der Waals surface area contributed by atoms with Gasteiger partial charge in [-0.1, -0.05) is 32.0 Å². The smallest absolute Gasteiger partial charge is 0.300 e. The van der Waals surface area contributed by atoms with E-state index in [1.165, 1.54) is 16.2 Å². The van der Waals surface area contributed by atoms with Crippen LogP contribution in [-0.4, -0.2) is 23.9 Å². The van der Waals surface area contributed by atoms with Crippen LogP contribution in [0.25, 0.3) is 5.76 Å². The molecule has 0 aliphatic carbocycles. The van der Waals surface area contributed by atoms with Gasteiger partial charge in [0.1, 0.15) is 17.6 Å². The summed E-state index contributed by atoms with van der Waals surface area (Å²) in [5, 5.41) is 13.1. The van der Waals surface area contributed by atoms with Crippen molar-refractivity contribution in [3.63, 3.8) is 0 Å². The molecule has 1 saturated heterocycles. The standard InChI is InChI=1S/C26H25NO4S/c1-15(2)17-7-9-18(10-8-17)27-23(21-6-5-13-32-21)22(25(29)26(27)30)24(28)20-12-11-19(31-4)14-16(20)3/h5-15,23,28H,1-4H3/b24-22-. The first-order valence-electron chi connectivity index (χ1n) is 10.4. The van der Waals surface area contributed by atoms with Crippen LogP contribution in [0.4, 0.5) is 5.69 Å². The average molecular weight is 448 g/mol. The minimum Gasteiger partial charge on any atom is -0.507 e. The maximum absolute atomic E-state index is 13.2. The molecule has 0 radical (unpaired) electrons. The monoisotopic (exact) mass is 447 g/mol. The highest BCUT2D eigenvalue weighted by molar-refractivity contribution is 7.10. The van der Waals surface area contributed by atoms with Crippen molar-refractivity contribution < 1.29 is 19.4 Å². The van der Waals surface area contributed by atoms with Gasteiger partial charge < -0.3 is 9.84 Å². The Morgan fingerprint density at radius 1 is 1.09 bits per heavy atom. The SMILES string of the molecule is COc1ccc(/C(O)=C2/C(=O)C(=O)N(c3ccc(C(C)C)cc3)C2c2cccs2)c(C)c1. The molecule has 0 spiro atoms. The summed E-state index contributed by atoms with van der Waals surface area (Å²) < 4.78 is 5.25. The zero-order valence-electron chi connectivity index (χ0n) is 18.5. The third-order valence-corrected chi connectivity index (χ3v) is 6.71. The van der Waals surface area contributed by atoms with Gasteiger partial charge in [-0.3, -0.25) is 14.5 Å². The van der Waals surface area contributed by atoms with Crippen molar-refractivity contribution in [2.45, 2.75) is 32.7 Å². The Morgan fingerprint density at radius 3 is 2.38 bits per heavy atom. The van der Waals surface area contributed by atoms with Gasteiger partial charge >= 0.3 is 0 Å². The fourth-order valence-electron chi connectivity index (χ4n) is 4.01. The molecule has 6 heteroatoms. The summed E-state index contributed by atoms with van der Waals surface area (Å²) in [6.07, 6.45) is 0. The maximum Gasteiger partial charge on any atom is 0.300 e. The number of amides is 1. The minimum atomic E-state index is -0.693. The molecule has 0 bridgehead atoms. The van der Waals surface area contributed by atoms with Crippen LogP contribution in [0.5, 0.6) is 5.75 Å². The molecule has 3 aromatic rings. The zero-order valence-corrected chi connectivity index (χ0v) is 19.3. The fourth-order valence-corrected chi connectivity index (χ4v) is 4.83. The first kappa shape index (κ1) is 21.8. The molecular formula is C26H25NO4S. The molecular weight excluding hydrogens is 422 g/mol. The van der Waals surface area contributed by atoms with Gasteiger partial charge in [-0.25, -0.2) is 0 Å². The van der Waals surface area contributed by atoms with E-state index in [2.05, 4.69) is 13.8 Å². The molecule has 1 unspecified atom stereocenters. The number of hydrogen-bond acceptors (Lipinski definition) is 5. The van der Waals surface area contributed by atoms with Crippen molar-refractivity contribution in [1.82, 2.24) is 0 Å². The molecule has 1 N–H and O–H groups in total. The third kappa shape index (κ3) is 3.71. The van der Waals surface area contributed by atoms with Crippen molar-refractivity contribution in [3.05, 3.63) is 87.1 Å². The molecule has 1 aromatic heterocycles. The van der Waals surface area contributed by atoms with Gasteiger partial charge in [0.05, 0.1) is 12.7 Å². The number of benzene rings is 2. The van der Waals surface area contributed by atoms with Gasteiger partial charge in [0, 0.05) is 16.1 Å². The number of ketones is 1. The van der Waals surface area contributed by atoms with E-state index >= 15 is 0 Å². The normalized spacial score (nSPS) is 17.9. The summed E-state index contributed by atoms with van der Waals surface area (Å²) in [6, 6.07) is 15.9. The highest BCUT2D eigenvalue weighted by Gasteiger charge is 2.47. The Bertz CT molecular complexity index is 1190. The molecule has 32 heavy (non-hydrogen) atoms. The van der Waals surface area contributed by atoms with Crippen molar-refractivity contribution in [1.29, 1.82) is 0 Å². The molecule has 164 valence electrons. The average Bonchev–Trinajstić information content (AvgIpc) is 3.40. The Hall–Kier alpha value is -3.38. The number of carbonyl (C=O) groups excluding carboxylic acids is 2. The molecule has 1 amide bonds. The van der Waals surface area contributed by atoms with Crippen molar-refractivity contribution in [3.8, 4) is 5.75 Å². The van der Waals surface area contributed by atoms with E-state index < -0.39 is 17.7 Å². The zero-order chi connectivity index (χ0) is 23.0. The molecule has 2 heterocycles. The topological polar surface area (TPSA) is 66.8 Å². The van der Waals surface area contributed by atoms with Crippen molar-refractivity contribution in [2.24, 2.45) is 0 Å². The summed E-state index contributed by atoms with van der Waals surface area (Å²) in [6.45, 7) is 6.03. The minimum absolute atomic E-state index is 0.0960. The summed E-state index contributed by atoms with van der Waals surface area (Å²) in [5.74, 6) is -0.508. The second-order valence-electron chi connectivity index (χ2n) is 8.11. The number of aliphatic hydroxyl groups excluding tert-OH is 1. The van der Waals surface area contributed by atoms with E-state index in [9.17, 15) is 14.7 Å². The van der Waals surface area contributed by atoms with Gasteiger partial charge in [-0.2, -0.15) is 0 Å². The molecule has 2 aromatic carbocycles. The maximum atomic E-state index is 13.2. The lowest BCUT2D eigenvalue weighted by molar-refractivity contribution is -0.132. The van der Waals surface area contributed by atoms with Gasteiger partial charge in [-0.15, -0.1) is 11.3 Å². The van der Waals surface area contributed by atoms with Crippen LogP contribution in [0.15, 0.2) is 65.6 Å². The number of ether oxygens (including phenoxy) is 1. The number of aliphatic hydroxyl groups is 1. The van der Waals surface area contributed by atoms with Gasteiger partial charge in [0.25, 0.3) is 11.7 Å². The van der Waals surface area contributed by atoms with Gasteiger partial charge in [0.15, 0.2) is 0 Å². The van der Waals surface area contributed by atoms with Crippen LogP contribution in [0, 0.1) is 6.92 Å².